The van der Waals surface area contributed by atoms with Crippen LogP contribution in [0.2, 0.25) is 0 Å². The Balaban J connectivity index is 1.33. The van der Waals surface area contributed by atoms with Gasteiger partial charge in [0.05, 0.1) is 4.90 Å². The highest BCUT2D eigenvalue weighted by molar-refractivity contribution is 7.91. The number of nitrogens with zero attached hydrogens (tertiary/aromatic N) is 3. The summed E-state index contributed by atoms with van der Waals surface area (Å²) in [4.78, 5) is 8.69. The van der Waals surface area contributed by atoms with Crippen LogP contribution in [0.4, 0.5) is 10.3 Å². The van der Waals surface area contributed by atoms with Crippen LogP contribution in [0.5, 0.6) is 11.5 Å². The number of ether oxygens (including phenoxy) is 2. The van der Waals surface area contributed by atoms with Crippen molar-refractivity contribution < 1.29 is 26.7 Å². The fraction of sp³-hybridized carbons (Fsp3) is 0.250. The number of hydrogen-bond donors (Lipinski definition) is 0. The minimum atomic E-state index is -4.08. The van der Waals surface area contributed by atoms with Gasteiger partial charge in [0.2, 0.25) is 26.6 Å². The lowest BCUT2D eigenvalue weighted by Gasteiger charge is -2.34. The maximum Gasteiger partial charge on any atom is 0.236 e. The van der Waals surface area contributed by atoms with Gasteiger partial charge in [0, 0.05) is 44.4 Å². The summed E-state index contributed by atoms with van der Waals surface area (Å²) in [7, 11) is -4.08. The number of fused-ring (bicyclic) bond motifs is 1. The summed E-state index contributed by atoms with van der Waals surface area (Å²) in [5.74, 6) is 0.758. The number of aromatic nitrogens is 1. The summed E-state index contributed by atoms with van der Waals surface area (Å²) in [6.07, 6.45) is 0. The Hall–Kier alpha value is -3.89. The Morgan fingerprint density at radius 2 is 1.55 bits per heavy atom. The van der Waals surface area contributed by atoms with Crippen LogP contribution in [0, 0.1) is 5.82 Å². The Morgan fingerprint density at radius 3 is 2.29 bits per heavy atom. The van der Waals surface area contributed by atoms with Crippen LogP contribution in [-0.2, 0) is 16.4 Å². The molecule has 2 aliphatic rings. The van der Waals surface area contributed by atoms with Gasteiger partial charge in [-0.1, -0.05) is 30.3 Å². The first-order valence-corrected chi connectivity index (χ1v) is 13.9. The number of anilines is 1. The number of hydrogen-bond acceptors (Lipinski definition) is 8. The van der Waals surface area contributed by atoms with Crippen molar-refractivity contribution >= 4 is 15.7 Å². The molecular weight excluding hydrogens is 509 g/mol. The van der Waals surface area contributed by atoms with Gasteiger partial charge < -0.3 is 18.8 Å². The van der Waals surface area contributed by atoms with Gasteiger partial charge in [0.1, 0.15) is 19.0 Å². The maximum atomic E-state index is 13.9. The molecule has 4 aromatic rings. The lowest BCUT2D eigenvalue weighted by molar-refractivity contribution is 0.171. The minimum absolute atomic E-state index is 0.0321. The van der Waals surface area contributed by atoms with Crippen molar-refractivity contribution in [1.29, 1.82) is 0 Å². The van der Waals surface area contributed by atoms with Gasteiger partial charge in [0.25, 0.3) is 0 Å². The van der Waals surface area contributed by atoms with E-state index < -0.39 is 15.7 Å². The third-order valence-corrected chi connectivity index (χ3v) is 8.31. The van der Waals surface area contributed by atoms with E-state index in [1.165, 1.54) is 42.0 Å². The molecule has 3 aromatic carbocycles. The quantitative estimate of drug-likeness (QED) is 0.359. The van der Waals surface area contributed by atoms with E-state index >= 15 is 0 Å². The molecule has 1 fully saturated rings. The molecule has 2 aliphatic heterocycles. The summed E-state index contributed by atoms with van der Waals surface area (Å²) < 4.78 is 58.5. The van der Waals surface area contributed by atoms with Crippen LogP contribution in [0.1, 0.15) is 5.56 Å². The maximum absolute atomic E-state index is 13.9. The molecule has 0 aliphatic carbocycles. The van der Waals surface area contributed by atoms with Gasteiger partial charge in [-0.05, 0) is 42.0 Å². The molecular formula is C28H26FN3O5S. The van der Waals surface area contributed by atoms with E-state index in [4.69, 9.17) is 13.9 Å². The van der Waals surface area contributed by atoms with E-state index in [9.17, 15) is 12.8 Å². The molecule has 0 atom stereocenters. The van der Waals surface area contributed by atoms with E-state index in [2.05, 4.69) is 22.0 Å². The van der Waals surface area contributed by atoms with Gasteiger partial charge in [-0.2, -0.15) is 4.98 Å². The molecule has 0 saturated carbocycles. The zero-order valence-corrected chi connectivity index (χ0v) is 21.4. The lowest BCUT2D eigenvalue weighted by atomic mass is 10.2. The van der Waals surface area contributed by atoms with Crippen molar-refractivity contribution in [3.8, 4) is 23.0 Å². The molecule has 6 rings (SSSR count). The van der Waals surface area contributed by atoms with Gasteiger partial charge in [0.15, 0.2) is 11.5 Å². The zero-order chi connectivity index (χ0) is 26.1. The number of benzene rings is 3. The molecule has 0 spiro atoms. The van der Waals surface area contributed by atoms with Crippen LogP contribution in [0.15, 0.2) is 87.1 Å². The lowest BCUT2D eigenvalue weighted by Crippen LogP contribution is -2.46. The van der Waals surface area contributed by atoms with Crippen molar-refractivity contribution in [2.75, 3.05) is 44.3 Å². The van der Waals surface area contributed by atoms with E-state index in [0.29, 0.717) is 43.4 Å². The van der Waals surface area contributed by atoms with E-state index in [1.807, 2.05) is 23.1 Å². The van der Waals surface area contributed by atoms with Crippen LogP contribution in [0.3, 0.4) is 0 Å². The van der Waals surface area contributed by atoms with E-state index in [-0.39, 0.29) is 21.7 Å². The Labute approximate surface area is 220 Å². The fourth-order valence-electron chi connectivity index (χ4n) is 4.64. The highest BCUT2D eigenvalue weighted by atomic mass is 32.2. The molecule has 196 valence electrons. The monoisotopic (exact) mass is 535 g/mol. The Morgan fingerprint density at radius 1 is 0.842 bits per heavy atom. The van der Waals surface area contributed by atoms with Crippen LogP contribution >= 0.6 is 0 Å². The molecule has 0 radical (unpaired) electrons. The Kier molecular flexibility index (Phi) is 6.50. The summed E-state index contributed by atoms with van der Waals surface area (Å²) in [6.45, 7) is 4.14. The first kappa shape index (κ1) is 24.4. The highest BCUT2D eigenvalue weighted by Gasteiger charge is 2.33. The van der Waals surface area contributed by atoms with Gasteiger partial charge >= 0.3 is 0 Å². The van der Waals surface area contributed by atoms with Crippen molar-refractivity contribution in [2.24, 2.45) is 0 Å². The molecule has 1 aromatic heterocycles. The first-order valence-electron chi connectivity index (χ1n) is 12.4. The van der Waals surface area contributed by atoms with Crippen LogP contribution in [0.25, 0.3) is 11.5 Å². The van der Waals surface area contributed by atoms with Crippen molar-refractivity contribution in [3.63, 3.8) is 0 Å². The van der Waals surface area contributed by atoms with Crippen molar-refractivity contribution in [2.45, 2.75) is 16.5 Å². The average molecular weight is 536 g/mol. The zero-order valence-electron chi connectivity index (χ0n) is 20.5. The Bertz CT molecular complexity index is 1530. The second-order valence-corrected chi connectivity index (χ2v) is 11.1. The van der Waals surface area contributed by atoms with E-state index in [0.717, 1.165) is 19.6 Å². The molecule has 3 heterocycles. The SMILES string of the molecule is O=S(=O)(c1ccc2c(c1)OCCO2)c1nc(-c2ccc(F)cc2)oc1N1CCN(Cc2ccccc2)CC1. The van der Waals surface area contributed by atoms with E-state index in [1.54, 1.807) is 6.07 Å². The fourth-order valence-corrected chi connectivity index (χ4v) is 5.98. The van der Waals surface area contributed by atoms with Crippen LogP contribution < -0.4 is 14.4 Å². The second kappa shape index (κ2) is 10.1. The van der Waals surface area contributed by atoms with Crippen molar-refractivity contribution in [1.82, 2.24) is 9.88 Å². The number of sulfone groups is 1. The summed E-state index contributed by atoms with van der Waals surface area (Å²) in [5.41, 5.74) is 1.71. The first-order chi connectivity index (χ1) is 18.5. The molecule has 0 N–H and O–H groups in total. The topological polar surface area (TPSA) is 85.1 Å². The molecule has 0 unspecified atom stereocenters. The number of oxazole rings is 1. The van der Waals surface area contributed by atoms with Crippen LogP contribution in [-0.4, -0.2) is 57.7 Å². The minimum Gasteiger partial charge on any atom is -0.486 e. The third kappa shape index (κ3) is 4.84. The highest BCUT2D eigenvalue weighted by Crippen LogP contribution is 2.38. The second-order valence-electron chi connectivity index (χ2n) is 9.19. The predicted molar refractivity (Wildman–Crippen MR) is 139 cm³/mol. The normalized spacial score (nSPS) is 16.0. The third-order valence-electron chi connectivity index (χ3n) is 6.66. The van der Waals surface area contributed by atoms with Crippen molar-refractivity contribution in [3.05, 3.63) is 84.2 Å². The number of halogens is 1. The summed E-state index contributed by atoms with van der Waals surface area (Å²) in [6, 6.07) is 20.4. The molecule has 10 heteroatoms. The summed E-state index contributed by atoms with van der Waals surface area (Å²) >= 11 is 0. The number of piperazine rings is 1. The number of rotatable bonds is 6. The largest absolute Gasteiger partial charge is 0.486 e. The summed E-state index contributed by atoms with van der Waals surface area (Å²) in [5, 5.41) is -0.176. The van der Waals surface area contributed by atoms with Gasteiger partial charge in [-0.25, -0.2) is 12.8 Å². The predicted octanol–water partition coefficient (Wildman–Crippen LogP) is 4.41. The standard InChI is InChI=1S/C28H26FN3O5S/c29-22-8-6-21(7-9-22)26-30-27(38(33,34)23-10-11-24-25(18-23)36-17-16-35-24)28(37-26)32-14-12-31(13-15-32)19-20-4-2-1-3-5-20/h1-11,18H,12-17,19H2. The molecule has 0 bridgehead atoms. The van der Waals surface area contributed by atoms with Gasteiger partial charge in [-0.3, -0.25) is 4.90 Å². The smallest absolute Gasteiger partial charge is 0.236 e. The average Bonchev–Trinajstić information content (AvgIpc) is 3.41. The van der Waals surface area contributed by atoms with Gasteiger partial charge in [-0.15, -0.1) is 0 Å². The molecule has 0 amide bonds. The molecule has 1 saturated heterocycles. The molecule has 38 heavy (non-hydrogen) atoms. The molecule has 8 nitrogen and oxygen atoms in total.